The van der Waals surface area contributed by atoms with Gasteiger partial charge in [0.15, 0.2) is 0 Å². The number of rotatable bonds is 8. The van der Waals surface area contributed by atoms with Crippen LogP contribution >= 0.6 is 0 Å². The molecule has 0 bridgehead atoms. The van der Waals surface area contributed by atoms with Gasteiger partial charge < -0.3 is 10.6 Å². The molecule has 0 aliphatic rings. The number of hydrogen-bond donors (Lipinski definition) is 3. The second-order valence-electron chi connectivity index (χ2n) is 6.05. The van der Waals surface area contributed by atoms with Gasteiger partial charge in [-0.05, 0) is 56.9 Å². The number of carbonyl (C=O) groups excluding carboxylic acids is 1. The average Bonchev–Trinajstić information content (AvgIpc) is 2.47. The van der Waals surface area contributed by atoms with Crippen molar-refractivity contribution in [3.05, 3.63) is 24.3 Å². The molecule has 23 heavy (non-hydrogen) atoms. The lowest BCUT2D eigenvalue weighted by atomic mass is 10.0. The Bertz CT molecular complexity index is 598. The normalized spacial score (nSPS) is 12.7. The third-order valence-electron chi connectivity index (χ3n) is 3.35. The van der Waals surface area contributed by atoms with Gasteiger partial charge in [-0.1, -0.05) is 13.8 Å². The topological polar surface area (TPSA) is 87.3 Å². The molecule has 6 nitrogen and oxygen atoms in total. The summed E-state index contributed by atoms with van der Waals surface area (Å²) in [5.41, 5.74) is 1.08. The van der Waals surface area contributed by atoms with Gasteiger partial charge in [0.05, 0.1) is 5.75 Å². The molecule has 0 aliphatic heterocycles. The van der Waals surface area contributed by atoms with E-state index in [-0.39, 0.29) is 17.8 Å². The van der Waals surface area contributed by atoms with Crippen molar-refractivity contribution < 1.29 is 13.2 Å². The van der Waals surface area contributed by atoms with Crippen molar-refractivity contribution in [2.75, 3.05) is 15.8 Å². The zero-order valence-corrected chi connectivity index (χ0v) is 15.0. The third kappa shape index (κ3) is 7.88. The van der Waals surface area contributed by atoms with Crippen molar-refractivity contribution in [3.8, 4) is 0 Å². The van der Waals surface area contributed by atoms with Crippen LogP contribution in [0.15, 0.2) is 24.3 Å². The predicted molar refractivity (Wildman–Crippen MR) is 95.2 cm³/mol. The monoisotopic (exact) mass is 341 g/mol. The highest BCUT2D eigenvalue weighted by atomic mass is 32.2. The maximum absolute atomic E-state index is 11.9. The maximum atomic E-state index is 11.9. The molecule has 3 N–H and O–H groups in total. The molecule has 0 aliphatic carbocycles. The average molecular weight is 341 g/mol. The largest absolute Gasteiger partial charge is 0.335 e. The van der Waals surface area contributed by atoms with Crippen LogP contribution in [0.4, 0.5) is 16.2 Å². The van der Waals surface area contributed by atoms with Crippen LogP contribution < -0.4 is 15.4 Å². The lowest BCUT2D eigenvalue weighted by molar-refractivity contribution is 0.248. The van der Waals surface area contributed by atoms with Crippen LogP contribution in [0.5, 0.6) is 0 Å². The van der Waals surface area contributed by atoms with E-state index in [9.17, 15) is 13.2 Å². The molecule has 0 saturated heterocycles. The maximum Gasteiger partial charge on any atom is 0.319 e. The summed E-state index contributed by atoms with van der Waals surface area (Å²) in [5, 5.41) is 5.62. The van der Waals surface area contributed by atoms with E-state index in [4.69, 9.17) is 0 Å². The Morgan fingerprint density at radius 1 is 1.04 bits per heavy atom. The number of urea groups is 1. The Morgan fingerprint density at radius 2 is 1.61 bits per heavy atom. The van der Waals surface area contributed by atoms with E-state index in [2.05, 4.69) is 29.2 Å². The summed E-state index contributed by atoms with van der Waals surface area (Å²) in [4.78, 5) is 11.9. The number of hydrogen-bond acceptors (Lipinski definition) is 3. The molecular weight excluding hydrogens is 314 g/mol. The Morgan fingerprint density at radius 3 is 2.13 bits per heavy atom. The summed E-state index contributed by atoms with van der Waals surface area (Å²) in [6, 6.07) is 6.39. The first-order valence-electron chi connectivity index (χ1n) is 7.90. The highest BCUT2D eigenvalue weighted by Gasteiger charge is 2.09. The smallest absolute Gasteiger partial charge is 0.319 e. The van der Waals surface area contributed by atoms with Gasteiger partial charge in [-0.2, -0.15) is 0 Å². The van der Waals surface area contributed by atoms with Crippen molar-refractivity contribution in [1.82, 2.24) is 5.32 Å². The van der Waals surface area contributed by atoms with Crippen LogP contribution in [0.3, 0.4) is 0 Å². The summed E-state index contributed by atoms with van der Waals surface area (Å²) in [5.74, 6) is 0.630. The minimum Gasteiger partial charge on any atom is -0.335 e. The minimum absolute atomic E-state index is 0.0175. The quantitative estimate of drug-likeness (QED) is 0.677. The number of carbonyl (C=O) groups is 1. The van der Waals surface area contributed by atoms with E-state index in [1.807, 2.05) is 6.92 Å². The number of anilines is 2. The van der Waals surface area contributed by atoms with Gasteiger partial charge in [0, 0.05) is 17.4 Å². The van der Waals surface area contributed by atoms with Crippen molar-refractivity contribution in [2.24, 2.45) is 5.92 Å². The number of nitrogens with one attached hydrogen (secondary N) is 3. The van der Waals surface area contributed by atoms with Crippen molar-refractivity contribution in [3.63, 3.8) is 0 Å². The molecular formula is C16H27N3O3S. The molecule has 0 radical (unpaired) electrons. The Kier molecular flexibility index (Phi) is 7.35. The molecule has 0 heterocycles. The predicted octanol–water partition coefficient (Wildman–Crippen LogP) is 3.39. The van der Waals surface area contributed by atoms with Crippen LogP contribution in [0.25, 0.3) is 0 Å². The fourth-order valence-electron chi connectivity index (χ4n) is 1.92. The first kappa shape index (κ1) is 19.3. The molecule has 7 heteroatoms. The van der Waals surface area contributed by atoms with Crippen molar-refractivity contribution in [1.29, 1.82) is 0 Å². The van der Waals surface area contributed by atoms with Crippen molar-refractivity contribution >= 4 is 27.4 Å². The molecule has 130 valence electrons. The zero-order chi connectivity index (χ0) is 17.5. The molecule has 0 spiro atoms. The van der Waals surface area contributed by atoms with Crippen LogP contribution in [0.2, 0.25) is 0 Å². The van der Waals surface area contributed by atoms with Crippen LogP contribution in [-0.2, 0) is 10.0 Å². The molecule has 1 unspecified atom stereocenters. The summed E-state index contributed by atoms with van der Waals surface area (Å²) < 4.78 is 25.4. The zero-order valence-electron chi connectivity index (χ0n) is 14.2. The molecule has 1 rings (SSSR count). The number of amides is 2. The molecule has 0 fully saturated rings. The molecule has 1 atom stereocenters. The molecule has 0 saturated carbocycles. The second kappa shape index (κ2) is 8.76. The van der Waals surface area contributed by atoms with Crippen LogP contribution in [0.1, 0.15) is 40.5 Å². The SMILES string of the molecule is CCS(=O)(=O)Nc1ccc(NC(=O)NC(C)CCC(C)C)cc1. The Balaban J connectivity index is 2.50. The van der Waals surface area contributed by atoms with Gasteiger partial charge in [0.2, 0.25) is 10.0 Å². The molecule has 1 aromatic rings. The number of benzene rings is 1. The van der Waals surface area contributed by atoms with Crippen molar-refractivity contribution in [2.45, 2.75) is 46.6 Å². The first-order chi connectivity index (χ1) is 10.7. The lowest BCUT2D eigenvalue weighted by Gasteiger charge is -2.16. The fraction of sp³-hybridized carbons (Fsp3) is 0.562. The number of sulfonamides is 1. The Labute approximate surface area is 139 Å². The lowest BCUT2D eigenvalue weighted by Crippen LogP contribution is -2.36. The third-order valence-corrected chi connectivity index (χ3v) is 4.66. The molecule has 2 amide bonds. The van der Waals surface area contributed by atoms with E-state index in [0.717, 1.165) is 12.8 Å². The summed E-state index contributed by atoms with van der Waals surface area (Å²) in [6.07, 6.45) is 2.00. The summed E-state index contributed by atoms with van der Waals surface area (Å²) in [6.45, 7) is 7.86. The van der Waals surface area contributed by atoms with Gasteiger partial charge in [-0.25, -0.2) is 13.2 Å². The van der Waals surface area contributed by atoms with E-state index in [1.165, 1.54) is 0 Å². The Hall–Kier alpha value is -1.76. The van der Waals surface area contributed by atoms with Gasteiger partial charge in [0.25, 0.3) is 0 Å². The van der Waals surface area contributed by atoms with Crippen LogP contribution in [0, 0.1) is 5.92 Å². The minimum atomic E-state index is -3.29. The van der Waals surface area contributed by atoms with Gasteiger partial charge >= 0.3 is 6.03 Å². The van der Waals surface area contributed by atoms with E-state index in [0.29, 0.717) is 17.3 Å². The molecule has 1 aromatic carbocycles. The highest BCUT2D eigenvalue weighted by molar-refractivity contribution is 7.92. The van der Waals surface area contributed by atoms with E-state index in [1.54, 1.807) is 31.2 Å². The van der Waals surface area contributed by atoms with E-state index < -0.39 is 10.0 Å². The standard InChI is InChI=1S/C16H27N3O3S/c1-5-23(21,22)19-15-10-8-14(9-11-15)18-16(20)17-13(4)7-6-12(2)3/h8-13,19H,5-7H2,1-4H3,(H2,17,18,20). The summed E-state index contributed by atoms with van der Waals surface area (Å²) in [7, 11) is -3.29. The second-order valence-corrected chi connectivity index (χ2v) is 8.06. The van der Waals surface area contributed by atoms with Gasteiger partial charge in [-0.15, -0.1) is 0 Å². The van der Waals surface area contributed by atoms with Gasteiger partial charge in [0.1, 0.15) is 0 Å². The fourth-order valence-corrected chi connectivity index (χ4v) is 2.56. The van der Waals surface area contributed by atoms with Gasteiger partial charge in [-0.3, -0.25) is 4.72 Å². The first-order valence-corrected chi connectivity index (χ1v) is 9.55. The van der Waals surface area contributed by atoms with Crippen LogP contribution in [-0.4, -0.2) is 26.2 Å². The molecule has 0 aromatic heterocycles. The summed E-state index contributed by atoms with van der Waals surface area (Å²) >= 11 is 0. The van der Waals surface area contributed by atoms with E-state index >= 15 is 0 Å². The highest BCUT2D eigenvalue weighted by Crippen LogP contribution is 2.15.